The Morgan fingerprint density at radius 1 is 1.21 bits per heavy atom. The van der Waals surface area contributed by atoms with E-state index < -0.39 is 0 Å². The molecule has 1 heterocycles. The lowest BCUT2D eigenvalue weighted by molar-refractivity contribution is 0.0734. The molecular weight excluding hydrogens is 303 g/mol. The summed E-state index contributed by atoms with van der Waals surface area (Å²) in [5.74, 6) is 0.528. The number of hydrogen-bond donors (Lipinski definition) is 0. The van der Waals surface area contributed by atoms with E-state index in [1.54, 1.807) is 12.1 Å². The maximum absolute atomic E-state index is 14.2. The Labute approximate surface area is 142 Å². The van der Waals surface area contributed by atoms with E-state index >= 15 is 0 Å². The third-order valence-corrected chi connectivity index (χ3v) is 5.16. The molecule has 0 saturated heterocycles. The van der Waals surface area contributed by atoms with E-state index in [0.29, 0.717) is 23.2 Å². The van der Waals surface area contributed by atoms with Gasteiger partial charge in [-0.25, -0.2) is 4.39 Å². The van der Waals surface area contributed by atoms with Gasteiger partial charge in [-0.2, -0.15) is 0 Å². The zero-order chi connectivity index (χ0) is 16.8. The molecule has 0 unspecified atom stereocenters. The molecule has 1 amide bonds. The molecule has 1 aromatic heterocycles. The number of para-hydroxylation sites is 1. The molecule has 4 heteroatoms. The van der Waals surface area contributed by atoms with Crippen LogP contribution in [0.25, 0.3) is 5.69 Å². The largest absolute Gasteiger partial charge is 0.335 e. The average Bonchev–Trinajstić information content (AvgIpc) is 3.45. The van der Waals surface area contributed by atoms with E-state index in [0.717, 1.165) is 30.8 Å². The van der Waals surface area contributed by atoms with Gasteiger partial charge in [0.1, 0.15) is 5.82 Å². The van der Waals surface area contributed by atoms with Crippen LogP contribution in [0.2, 0.25) is 0 Å². The highest BCUT2D eigenvalue weighted by Gasteiger charge is 2.37. The molecule has 0 atom stereocenters. The molecule has 2 aliphatic carbocycles. The number of carbonyl (C=O) groups excluding carboxylic acids is 1. The number of halogens is 1. The molecule has 0 bridgehead atoms. The Morgan fingerprint density at radius 2 is 1.92 bits per heavy atom. The number of benzene rings is 1. The minimum Gasteiger partial charge on any atom is -0.335 e. The van der Waals surface area contributed by atoms with Gasteiger partial charge in [0.25, 0.3) is 5.91 Å². The van der Waals surface area contributed by atoms with Crippen LogP contribution in [0.4, 0.5) is 4.39 Å². The van der Waals surface area contributed by atoms with Gasteiger partial charge in [-0.1, -0.05) is 12.1 Å². The molecule has 126 valence electrons. The Bertz CT molecular complexity index is 787. The van der Waals surface area contributed by atoms with Crippen LogP contribution >= 0.6 is 0 Å². The van der Waals surface area contributed by atoms with E-state index in [1.165, 1.54) is 18.9 Å². The van der Waals surface area contributed by atoms with E-state index in [-0.39, 0.29) is 11.7 Å². The molecule has 0 radical (unpaired) electrons. The molecule has 4 rings (SSSR count). The van der Waals surface area contributed by atoms with Crippen LogP contribution in [0.1, 0.15) is 47.4 Å². The first-order valence-electron chi connectivity index (χ1n) is 8.81. The fourth-order valence-corrected chi connectivity index (χ4v) is 3.50. The second kappa shape index (κ2) is 5.76. The zero-order valence-corrected chi connectivity index (χ0v) is 14.3. The van der Waals surface area contributed by atoms with Crippen molar-refractivity contribution in [3.8, 4) is 5.69 Å². The van der Waals surface area contributed by atoms with Crippen LogP contribution in [-0.2, 0) is 0 Å². The molecule has 2 aliphatic rings. The monoisotopic (exact) mass is 326 g/mol. The van der Waals surface area contributed by atoms with Crippen molar-refractivity contribution >= 4 is 5.91 Å². The van der Waals surface area contributed by atoms with Gasteiger partial charge < -0.3 is 9.47 Å². The smallest absolute Gasteiger partial charge is 0.255 e. The Hall–Kier alpha value is -2.10. The highest BCUT2D eigenvalue weighted by Crippen LogP contribution is 2.36. The summed E-state index contributed by atoms with van der Waals surface area (Å²) < 4.78 is 16.1. The van der Waals surface area contributed by atoms with Crippen LogP contribution in [0.3, 0.4) is 0 Å². The van der Waals surface area contributed by atoms with Gasteiger partial charge in [-0.05, 0) is 63.6 Å². The quantitative estimate of drug-likeness (QED) is 0.806. The minimum atomic E-state index is -0.268. The number of amides is 1. The Morgan fingerprint density at radius 3 is 2.54 bits per heavy atom. The lowest BCUT2D eigenvalue weighted by Crippen LogP contribution is -2.35. The summed E-state index contributed by atoms with van der Waals surface area (Å²) in [4.78, 5) is 15.2. The van der Waals surface area contributed by atoms with Crippen LogP contribution < -0.4 is 0 Å². The van der Waals surface area contributed by atoms with E-state index in [1.807, 2.05) is 30.5 Å². The van der Waals surface area contributed by atoms with Gasteiger partial charge in [-0.15, -0.1) is 0 Å². The summed E-state index contributed by atoms with van der Waals surface area (Å²) in [6.07, 6.45) is 4.71. The van der Waals surface area contributed by atoms with Crippen molar-refractivity contribution in [1.29, 1.82) is 0 Å². The van der Waals surface area contributed by atoms with Crippen LogP contribution in [0, 0.1) is 25.6 Å². The second-order valence-corrected chi connectivity index (χ2v) is 7.20. The fourth-order valence-electron chi connectivity index (χ4n) is 3.50. The average molecular weight is 326 g/mol. The van der Waals surface area contributed by atoms with Gasteiger partial charge in [0.2, 0.25) is 0 Å². The van der Waals surface area contributed by atoms with Crippen LogP contribution in [0.5, 0.6) is 0 Å². The van der Waals surface area contributed by atoms with Gasteiger partial charge in [0.05, 0.1) is 11.3 Å². The van der Waals surface area contributed by atoms with Crippen molar-refractivity contribution in [2.45, 2.75) is 45.6 Å². The summed E-state index contributed by atoms with van der Waals surface area (Å²) in [5.41, 5.74) is 2.93. The first-order valence-corrected chi connectivity index (χ1v) is 8.81. The first-order chi connectivity index (χ1) is 11.6. The molecule has 0 spiro atoms. The van der Waals surface area contributed by atoms with Gasteiger partial charge in [0.15, 0.2) is 0 Å². The standard InChI is InChI=1S/C20H23FN2O/c1-13-11-17(14(2)23(13)19-6-4-3-5-18(19)21)20(24)22(16-9-10-16)12-15-7-8-15/h3-6,11,15-16H,7-10,12H2,1-2H3. The normalized spacial score (nSPS) is 17.1. The van der Waals surface area contributed by atoms with E-state index in [9.17, 15) is 9.18 Å². The van der Waals surface area contributed by atoms with Crippen LogP contribution in [-0.4, -0.2) is 28.0 Å². The lowest BCUT2D eigenvalue weighted by atomic mass is 10.2. The summed E-state index contributed by atoms with van der Waals surface area (Å²) in [5, 5.41) is 0. The Kier molecular flexibility index (Phi) is 3.70. The van der Waals surface area contributed by atoms with Gasteiger partial charge >= 0.3 is 0 Å². The number of carbonyl (C=O) groups is 1. The van der Waals surface area contributed by atoms with Crippen molar-refractivity contribution in [1.82, 2.24) is 9.47 Å². The lowest BCUT2D eigenvalue weighted by Gasteiger charge is -2.22. The summed E-state index contributed by atoms with van der Waals surface area (Å²) in [7, 11) is 0. The highest BCUT2D eigenvalue weighted by molar-refractivity contribution is 5.96. The molecular formula is C20H23FN2O. The van der Waals surface area contributed by atoms with Crippen molar-refractivity contribution in [3.05, 3.63) is 53.1 Å². The minimum absolute atomic E-state index is 0.111. The van der Waals surface area contributed by atoms with Crippen molar-refractivity contribution in [2.75, 3.05) is 6.54 Å². The second-order valence-electron chi connectivity index (χ2n) is 7.20. The maximum Gasteiger partial charge on any atom is 0.255 e. The predicted molar refractivity (Wildman–Crippen MR) is 92.0 cm³/mol. The highest BCUT2D eigenvalue weighted by atomic mass is 19.1. The van der Waals surface area contributed by atoms with Gasteiger partial charge in [-0.3, -0.25) is 4.79 Å². The topological polar surface area (TPSA) is 25.2 Å². The van der Waals surface area contributed by atoms with E-state index in [4.69, 9.17) is 0 Å². The zero-order valence-electron chi connectivity index (χ0n) is 14.3. The molecule has 0 N–H and O–H groups in total. The van der Waals surface area contributed by atoms with E-state index in [2.05, 4.69) is 4.90 Å². The summed E-state index contributed by atoms with van der Waals surface area (Å²) in [6, 6.07) is 9.04. The molecule has 1 aromatic carbocycles. The Balaban J connectivity index is 1.70. The van der Waals surface area contributed by atoms with Gasteiger partial charge in [0, 0.05) is 24.0 Å². The molecule has 2 fully saturated rings. The molecule has 3 nitrogen and oxygen atoms in total. The number of aromatic nitrogens is 1. The first kappa shape index (κ1) is 15.4. The van der Waals surface area contributed by atoms with Crippen molar-refractivity contribution in [3.63, 3.8) is 0 Å². The molecule has 0 aliphatic heterocycles. The SMILES string of the molecule is Cc1cc(C(=O)N(CC2CC2)C2CC2)c(C)n1-c1ccccc1F. The molecule has 2 saturated carbocycles. The number of aryl methyl sites for hydroxylation is 1. The molecule has 2 aromatic rings. The van der Waals surface area contributed by atoms with Crippen molar-refractivity contribution in [2.24, 2.45) is 5.92 Å². The fraction of sp³-hybridized carbons (Fsp3) is 0.450. The molecule has 24 heavy (non-hydrogen) atoms. The third-order valence-electron chi connectivity index (χ3n) is 5.16. The predicted octanol–water partition coefficient (Wildman–Crippen LogP) is 4.25. The van der Waals surface area contributed by atoms with Crippen molar-refractivity contribution < 1.29 is 9.18 Å². The summed E-state index contributed by atoms with van der Waals surface area (Å²) >= 11 is 0. The van der Waals surface area contributed by atoms with Crippen LogP contribution in [0.15, 0.2) is 30.3 Å². The number of nitrogens with zero attached hydrogens (tertiary/aromatic N) is 2. The number of rotatable bonds is 5. The number of hydrogen-bond acceptors (Lipinski definition) is 1. The third kappa shape index (κ3) is 2.74. The summed E-state index contributed by atoms with van der Waals surface area (Å²) in [6.45, 7) is 4.72. The maximum atomic E-state index is 14.2.